The third kappa shape index (κ3) is 3.34. The number of ketones is 1. The molecule has 104 valence electrons. The highest BCUT2D eigenvalue weighted by Gasteiger charge is 2.32. The van der Waals surface area contributed by atoms with Crippen LogP contribution in [0, 0.1) is 11.7 Å². The van der Waals surface area contributed by atoms with Crippen LogP contribution in [0.4, 0.5) is 10.1 Å². The monoisotopic (exact) mass is 263 g/mol. The molecule has 1 aromatic carbocycles. The standard InChI is InChI=1S/C16H22FNO/c1-11(2)9-10-18(13-7-8-13)16-14(12(3)19)5-4-6-15(16)17/h4-6,11,13H,7-10H2,1-3H3. The maximum atomic E-state index is 14.2. The van der Waals surface area contributed by atoms with E-state index >= 15 is 0 Å². The Labute approximate surface area is 114 Å². The first-order valence-corrected chi connectivity index (χ1v) is 7.06. The van der Waals surface area contributed by atoms with Crippen LogP contribution >= 0.6 is 0 Å². The Balaban J connectivity index is 2.32. The van der Waals surface area contributed by atoms with Gasteiger partial charge in [-0.2, -0.15) is 0 Å². The minimum atomic E-state index is -0.275. The molecule has 19 heavy (non-hydrogen) atoms. The first kappa shape index (κ1) is 14.0. The van der Waals surface area contributed by atoms with Gasteiger partial charge in [-0.1, -0.05) is 19.9 Å². The van der Waals surface area contributed by atoms with Crippen molar-refractivity contribution >= 4 is 11.5 Å². The maximum Gasteiger partial charge on any atom is 0.161 e. The molecule has 0 radical (unpaired) electrons. The lowest BCUT2D eigenvalue weighted by molar-refractivity contribution is 0.101. The SMILES string of the molecule is CC(=O)c1cccc(F)c1N(CCC(C)C)C1CC1. The van der Waals surface area contributed by atoms with Crippen LogP contribution < -0.4 is 4.90 Å². The first-order chi connectivity index (χ1) is 9.00. The van der Waals surface area contributed by atoms with Gasteiger partial charge in [-0.15, -0.1) is 0 Å². The number of rotatable bonds is 6. The third-order valence-electron chi connectivity index (χ3n) is 3.59. The van der Waals surface area contributed by atoms with Crippen molar-refractivity contribution in [1.82, 2.24) is 0 Å². The molecule has 0 unspecified atom stereocenters. The first-order valence-electron chi connectivity index (χ1n) is 7.06. The number of hydrogen-bond donors (Lipinski definition) is 0. The number of anilines is 1. The maximum absolute atomic E-state index is 14.2. The van der Waals surface area contributed by atoms with Gasteiger partial charge < -0.3 is 4.90 Å². The molecule has 2 rings (SSSR count). The van der Waals surface area contributed by atoms with Crippen molar-refractivity contribution in [2.75, 3.05) is 11.4 Å². The highest BCUT2D eigenvalue weighted by Crippen LogP contribution is 2.36. The number of para-hydroxylation sites is 1. The zero-order valence-electron chi connectivity index (χ0n) is 11.9. The van der Waals surface area contributed by atoms with Crippen molar-refractivity contribution in [3.8, 4) is 0 Å². The minimum absolute atomic E-state index is 0.0651. The molecule has 0 saturated heterocycles. The highest BCUT2D eigenvalue weighted by molar-refractivity contribution is 6.00. The summed E-state index contributed by atoms with van der Waals surface area (Å²) in [4.78, 5) is 13.8. The average Bonchev–Trinajstić information content (AvgIpc) is 3.14. The van der Waals surface area contributed by atoms with Crippen LogP contribution in [0.3, 0.4) is 0 Å². The fourth-order valence-electron chi connectivity index (χ4n) is 2.35. The number of Topliss-reactive ketones (excluding diaryl/α,β-unsaturated/α-hetero) is 1. The molecule has 1 aliphatic carbocycles. The molecule has 0 aromatic heterocycles. The predicted molar refractivity (Wildman–Crippen MR) is 76.2 cm³/mol. The largest absolute Gasteiger partial charge is 0.366 e. The molecule has 1 saturated carbocycles. The molecule has 1 fully saturated rings. The van der Waals surface area contributed by atoms with Crippen LogP contribution in [-0.2, 0) is 0 Å². The Kier molecular flexibility index (Phi) is 4.23. The molecule has 0 amide bonds. The summed E-state index contributed by atoms with van der Waals surface area (Å²) in [6.45, 7) is 6.66. The predicted octanol–water partition coefficient (Wildman–Crippen LogP) is 4.04. The van der Waals surface area contributed by atoms with Crippen LogP contribution in [0.1, 0.15) is 50.4 Å². The Hall–Kier alpha value is -1.38. The number of benzene rings is 1. The van der Waals surface area contributed by atoms with Gasteiger partial charge in [0.15, 0.2) is 5.78 Å². The van der Waals surface area contributed by atoms with Crippen molar-refractivity contribution in [3.63, 3.8) is 0 Å². The van der Waals surface area contributed by atoms with Gasteiger partial charge >= 0.3 is 0 Å². The lowest BCUT2D eigenvalue weighted by Crippen LogP contribution is -2.30. The van der Waals surface area contributed by atoms with Gasteiger partial charge in [0.05, 0.1) is 5.69 Å². The number of carbonyl (C=O) groups is 1. The lowest BCUT2D eigenvalue weighted by atomic mass is 10.1. The van der Waals surface area contributed by atoms with E-state index in [1.54, 1.807) is 12.1 Å². The van der Waals surface area contributed by atoms with Crippen LogP contribution in [0.25, 0.3) is 0 Å². The minimum Gasteiger partial charge on any atom is -0.366 e. The van der Waals surface area contributed by atoms with E-state index in [-0.39, 0.29) is 11.6 Å². The molecule has 2 nitrogen and oxygen atoms in total. The van der Waals surface area contributed by atoms with Crippen LogP contribution in [0.15, 0.2) is 18.2 Å². The molecular weight excluding hydrogens is 241 g/mol. The summed E-state index contributed by atoms with van der Waals surface area (Å²) >= 11 is 0. The van der Waals surface area contributed by atoms with E-state index in [4.69, 9.17) is 0 Å². The van der Waals surface area contributed by atoms with Crippen molar-refractivity contribution in [1.29, 1.82) is 0 Å². The van der Waals surface area contributed by atoms with Crippen LogP contribution in [0.5, 0.6) is 0 Å². The molecule has 0 N–H and O–H groups in total. The summed E-state index contributed by atoms with van der Waals surface area (Å²) in [7, 11) is 0. The molecule has 1 aromatic rings. The summed E-state index contributed by atoms with van der Waals surface area (Å²) in [5, 5.41) is 0. The Bertz CT molecular complexity index is 466. The van der Waals surface area contributed by atoms with Crippen molar-refractivity contribution in [2.45, 2.75) is 46.1 Å². The van der Waals surface area contributed by atoms with Crippen molar-refractivity contribution < 1.29 is 9.18 Å². The number of hydrogen-bond acceptors (Lipinski definition) is 2. The molecule has 0 aliphatic heterocycles. The second-order valence-corrected chi connectivity index (χ2v) is 5.80. The van der Waals surface area contributed by atoms with Gasteiger partial charge in [0.2, 0.25) is 0 Å². The van der Waals surface area contributed by atoms with Crippen LogP contribution in [0.2, 0.25) is 0 Å². The summed E-state index contributed by atoms with van der Waals surface area (Å²) in [6, 6.07) is 5.20. The lowest BCUT2D eigenvalue weighted by Gasteiger charge is -2.27. The molecule has 0 bridgehead atoms. The second-order valence-electron chi connectivity index (χ2n) is 5.80. The molecule has 3 heteroatoms. The van der Waals surface area contributed by atoms with E-state index < -0.39 is 0 Å². The highest BCUT2D eigenvalue weighted by atomic mass is 19.1. The van der Waals surface area contributed by atoms with Crippen LogP contribution in [-0.4, -0.2) is 18.4 Å². The summed E-state index contributed by atoms with van der Waals surface area (Å²) in [6.07, 6.45) is 3.22. The number of carbonyl (C=O) groups excluding carboxylic acids is 1. The number of halogens is 1. The molecule has 1 aliphatic rings. The Morgan fingerprint density at radius 2 is 2.11 bits per heavy atom. The third-order valence-corrected chi connectivity index (χ3v) is 3.59. The molecular formula is C16H22FNO. The van der Waals surface area contributed by atoms with Gasteiger partial charge in [0.1, 0.15) is 5.82 Å². The average molecular weight is 263 g/mol. The van der Waals surface area contributed by atoms with Gasteiger partial charge in [-0.3, -0.25) is 4.79 Å². The number of nitrogens with zero attached hydrogens (tertiary/aromatic N) is 1. The molecule has 0 spiro atoms. The molecule has 0 atom stereocenters. The summed E-state index contributed by atoms with van der Waals surface area (Å²) in [5.41, 5.74) is 1.02. The fraction of sp³-hybridized carbons (Fsp3) is 0.562. The van der Waals surface area contributed by atoms with Gasteiger partial charge in [-0.25, -0.2) is 4.39 Å². The van der Waals surface area contributed by atoms with E-state index in [2.05, 4.69) is 18.7 Å². The molecule has 0 heterocycles. The van der Waals surface area contributed by atoms with E-state index in [1.165, 1.54) is 13.0 Å². The fourth-order valence-corrected chi connectivity index (χ4v) is 2.35. The topological polar surface area (TPSA) is 20.3 Å². The smallest absolute Gasteiger partial charge is 0.161 e. The Morgan fingerprint density at radius 3 is 2.63 bits per heavy atom. The second kappa shape index (κ2) is 5.72. The zero-order valence-corrected chi connectivity index (χ0v) is 11.9. The summed E-state index contributed by atoms with van der Waals surface area (Å²) in [5.74, 6) is 0.238. The normalized spacial score (nSPS) is 14.8. The quantitative estimate of drug-likeness (QED) is 0.722. The zero-order chi connectivity index (χ0) is 14.0. The van der Waals surface area contributed by atoms with E-state index in [0.717, 1.165) is 25.8 Å². The van der Waals surface area contributed by atoms with Crippen molar-refractivity contribution in [3.05, 3.63) is 29.6 Å². The van der Waals surface area contributed by atoms with E-state index in [9.17, 15) is 9.18 Å². The summed E-state index contributed by atoms with van der Waals surface area (Å²) < 4.78 is 14.2. The van der Waals surface area contributed by atoms with E-state index in [0.29, 0.717) is 23.2 Å². The van der Waals surface area contributed by atoms with Gasteiger partial charge in [-0.05, 0) is 44.2 Å². The van der Waals surface area contributed by atoms with Gasteiger partial charge in [0.25, 0.3) is 0 Å². The Morgan fingerprint density at radius 1 is 1.42 bits per heavy atom. The van der Waals surface area contributed by atoms with Gasteiger partial charge in [0, 0.05) is 18.2 Å². The van der Waals surface area contributed by atoms with E-state index in [1.807, 2.05) is 0 Å². The van der Waals surface area contributed by atoms with Crippen molar-refractivity contribution in [2.24, 2.45) is 5.92 Å².